The van der Waals surface area contributed by atoms with Gasteiger partial charge in [0.05, 0.1) is 26.9 Å². The predicted octanol–water partition coefficient (Wildman–Crippen LogP) is 5.19. The summed E-state index contributed by atoms with van der Waals surface area (Å²) in [5.74, 6) is -1.08. The molecule has 3 rings (SSSR count). The third kappa shape index (κ3) is 4.62. The van der Waals surface area contributed by atoms with Crippen LogP contribution in [0.4, 0.5) is 15.8 Å². The number of sulfonamides is 1. The van der Waals surface area contributed by atoms with Crippen LogP contribution in [0, 0.1) is 5.82 Å². The van der Waals surface area contributed by atoms with Crippen LogP contribution < -0.4 is 10.0 Å². The molecule has 0 unspecified atom stereocenters. The number of carbonyl (C=O) groups excluding carboxylic acids is 1. The minimum atomic E-state index is -3.98. The first-order valence-corrected chi connectivity index (χ1v) is 10.1. The van der Waals surface area contributed by atoms with Crippen LogP contribution in [0.1, 0.15) is 10.4 Å². The number of halogens is 3. The van der Waals surface area contributed by atoms with E-state index in [1.807, 2.05) is 0 Å². The normalized spacial score (nSPS) is 11.1. The van der Waals surface area contributed by atoms with Gasteiger partial charge in [-0.15, -0.1) is 0 Å². The van der Waals surface area contributed by atoms with Crippen LogP contribution in [0.3, 0.4) is 0 Å². The van der Waals surface area contributed by atoms with Gasteiger partial charge in [0, 0.05) is 5.02 Å². The number of para-hydroxylation sites is 2. The Morgan fingerprint density at radius 3 is 2.18 bits per heavy atom. The summed E-state index contributed by atoms with van der Waals surface area (Å²) in [6.45, 7) is 0. The van der Waals surface area contributed by atoms with Crippen LogP contribution in [-0.2, 0) is 10.0 Å². The molecule has 0 aliphatic carbocycles. The summed E-state index contributed by atoms with van der Waals surface area (Å²) < 4.78 is 40.5. The number of benzene rings is 3. The molecule has 0 aromatic heterocycles. The second-order valence-electron chi connectivity index (χ2n) is 5.68. The third-order valence-electron chi connectivity index (χ3n) is 3.72. The highest BCUT2D eigenvalue weighted by Crippen LogP contribution is 2.27. The molecule has 0 radical (unpaired) electrons. The van der Waals surface area contributed by atoms with Crippen LogP contribution in [-0.4, -0.2) is 14.3 Å². The van der Waals surface area contributed by atoms with Crippen LogP contribution in [0.2, 0.25) is 10.0 Å². The van der Waals surface area contributed by atoms with E-state index in [9.17, 15) is 17.6 Å². The van der Waals surface area contributed by atoms with Crippen molar-refractivity contribution in [2.45, 2.75) is 4.90 Å². The minimum absolute atomic E-state index is 0.115. The number of carbonyl (C=O) groups is 1. The molecule has 0 aliphatic rings. The van der Waals surface area contributed by atoms with Crippen molar-refractivity contribution in [2.75, 3.05) is 10.0 Å². The Morgan fingerprint density at radius 1 is 0.893 bits per heavy atom. The van der Waals surface area contributed by atoms with Gasteiger partial charge in [0.15, 0.2) is 0 Å². The van der Waals surface area contributed by atoms with Gasteiger partial charge in [-0.2, -0.15) is 0 Å². The molecule has 5 nitrogen and oxygen atoms in total. The van der Waals surface area contributed by atoms with Crippen LogP contribution >= 0.6 is 23.2 Å². The summed E-state index contributed by atoms with van der Waals surface area (Å²) in [6, 6.07) is 15.1. The standard InChI is InChI=1S/C19H13Cl2FN2O3S/c20-12-5-10-15(16(21)11-12)19(25)23-17-3-1-2-4-18(17)24-28(26,27)14-8-6-13(22)7-9-14/h1-11,24H,(H,23,25). The maximum atomic E-state index is 13.0. The summed E-state index contributed by atoms with van der Waals surface area (Å²) in [5, 5.41) is 3.16. The number of anilines is 2. The number of hydrogen-bond donors (Lipinski definition) is 2. The quantitative estimate of drug-likeness (QED) is 0.575. The van der Waals surface area contributed by atoms with E-state index in [1.54, 1.807) is 12.1 Å². The predicted molar refractivity (Wildman–Crippen MR) is 108 cm³/mol. The lowest BCUT2D eigenvalue weighted by atomic mass is 10.2. The molecule has 144 valence electrons. The largest absolute Gasteiger partial charge is 0.320 e. The topological polar surface area (TPSA) is 75.3 Å². The lowest BCUT2D eigenvalue weighted by molar-refractivity contribution is 0.102. The molecule has 3 aromatic rings. The number of rotatable bonds is 5. The Kier molecular flexibility index (Phi) is 5.88. The zero-order chi connectivity index (χ0) is 20.3. The lowest BCUT2D eigenvalue weighted by Crippen LogP contribution is -2.17. The van der Waals surface area contributed by atoms with Crippen LogP contribution in [0.25, 0.3) is 0 Å². The van der Waals surface area contributed by atoms with Gasteiger partial charge >= 0.3 is 0 Å². The number of nitrogens with one attached hydrogen (secondary N) is 2. The van der Waals surface area contributed by atoms with Gasteiger partial charge in [-0.1, -0.05) is 35.3 Å². The van der Waals surface area contributed by atoms with Crippen molar-refractivity contribution in [3.05, 3.63) is 88.2 Å². The molecule has 0 fully saturated rings. The highest BCUT2D eigenvalue weighted by molar-refractivity contribution is 7.92. The molecular weight excluding hydrogens is 426 g/mol. The Labute approximate surface area is 171 Å². The van der Waals surface area contributed by atoms with E-state index >= 15 is 0 Å². The van der Waals surface area contributed by atoms with Gasteiger partial charge in [-0.25, -0.2) is 12.8 Å². The van der Waals surface area contributed by atoms with Gasteiger partial charge in [0.2, 0.25) is 0 Å². The van der Waals surface area contributed by atoms with Gasteiger partial charge < -0.3 is 5.32 Å². The highest BCUT2D eigenvalue weighted by Gasteiger charge is 2.18. The van der Waals surface area contributed by atoms with Gasteiger partial charge in [0.1, 0.15) is 5.82 Å². The summed E-state index contributed by atoms with van der Waals surface area (Å²) in [6.07, 6.45) is 0. The molecule has 0 spiro atoms. The van der Waals surface area contributed by atoms with E-state index in [-0.39, 0.29) is 26.9 Å². The lowest BCUT2D eigenvalue weighted by Gasteiger charge is -2.14. The molecule has 9 heteroatoms. The van der Waals surface area contributed by atoms with E-state index in [4.69, 9.17) is 23.2 Å². The molecule has 0 saturated heterocycles. The first kappa shape index (κ1) is 20.1. The van der Waals surface area contributed by atoms with E-state index < -0.39 is 21.7 Å². The van der Waals surface area contributed by atoms with Crippen molar-refractivity contribution in [1.82, 2.24) is 0 Å². The highest BCUT2D eigenvalue weighted by atomic mass is 35.5. The van der Waals surface area contributed by atoms with E-state index in [2.05, 4.69) is 10.0 Å². The average molecular weight is 439 g/mol. The second-order valence-corrected chi connectivity index (χ2v) is 8.21. The molecule has 1 amide bonds. The maximum absolute atomic E-state index is 13.0. The fourth-order valence-corrected chi connectivity index (χ4v) is 3.94. The molecule has 28 heavy (non-hydrogen) atoms. The Bertz CT molecular complexity index is 1140. The third-order valence-corrected chi connectivity index (χ3v) is 5.65. The zero-order valence-corrected chi connectivity index (χ0v) is 16.4. The second kappa shape index (κ2) is 8.18. The monoisotopic (exact) mass is 438 g/mol. The molecule has 0 saturated carbocycles. The Morgan fingerprint density at radius 2 is 1.54 bits per heavy atom. The summed E-state index contributed by atoms with van der Waals surface area (Å²) in [7, 11) is -3.98. The fourth-order valence-electron chi connectivity index (χ4n) is 2.36. The number of hydrogen-bond acceptors (Lipinski definition) is 3. The van der Waals surface area contributed by atoms with E-state index in [0.717, 1.165) is 24.3 Å². The Hall–Kier alpha value is -2.61. The van der Waals surface area contributed by atoms with Gasteiger partial charge in [0.25, 0.3) is 15.9 Å². The molecular formula is C19H13Cl2FN2O3S. The van der Waals surface area contributed by atoms with Crippen LogP contribution in [0.5, 0.6) is 0 Å². The van der Waals surface area contributed by atoms with Crippen LogP contribution in [0.15, 0.2) is 71.6 Å². The van der Waals surface area contributed by atoms with E-state index in [1.165, 1.54) is 30.3 Å². The summed E-state index contributed by atoms with van der Waals surface area (Å²) in [4.78, 5) is 12.4. The summed E-state index contributed by atoms with van der Waals surface area (Å²) in [5.41, 5.74) is 0.553. The zero-order valence-electron chi connectivity index (χ0n) is 14.1. The van der Waals surface area contributed by atoms with Crippen molar-refractivity contribution in [3.8, 4) is 0 Å². The Balaban J connectivity index is 1.87. The fraction of sp³-hybridized carbons (Fsp3) is 0. The average Bonchev–Trinajstić information content (AvgIpc) is 2.63. The van der Waals surface area contributed by atoms with Crippen molar-refractivity contribution >= 4 is 50.5 Å². The molecule has 0 bridgehead atoms. The summed E-state index contributed by atoms with van der Waals surface area (Å²) >= 11 is 11.9. The van der Waals surface area contributed by atoms with Crippen molar-refractivity contribution < 1.29 is 17.6 Å². The van der Waals surface area contributed by atoms with Gasteiger partial charge in [-0.05, 0) is 54.6 Å². The smallest absolute Gasteiger partial charge is 0.261 e. The maximum Gasteiger partial charge on any atom is 0.261 e. The van der Waals surface area contributed by atoms with Crippen molar-refractivity contribution in [2.24, 2.45) is 0 Å². The molecule has 0 atom stereocenters. The van der Waals surface area contributed by atoms with E-state index in [0.29, 0.717) is 5.02 Å². The first-order valence-electron chi connectivity index (χ1n) is 7.90. The molecule has 0 aliphatic heterocycles. The first-order chi connectivity index (χ1) is 13.3. The molecule has 2 N–H and O–H groups in total. The SMILES string of the molecule is O=C(Nc1ccccc1NS(=O)(=O)c1ccc(F)cc1)c1ccc(Cl)cc1Cl. The molecule has 0 heterocycles. The number of amides is 1. The van der Waals surface area contributed by atoms with Gasteiger partial charge in [-0.3, -0.25) is 9.52 Å². The van der Waals surface area contributed by atoms with Crippen molar-refractivity contribution in [3.63, 3.8) is 0 Å². The minimum Gasteiger partial charge on any atom is -0.320 e. The van der Waals surface area contributed by atoms with Crippen molar-refractivity contribution in [1.29, 1.82) is 0 Å². The molecule has 3 aromatic carbocycles.